The Labute approximate surface area is 223 Å². The van der Waals surface area contributed by atoms with Crippen molar-refractivity contribution >= 4 is 29.0 Å². The van der Waals surface area contributed by atoms with Crippen LogP contribution in [0.15, 0.2) is 41.5 Å². The molecule has 0 aliphatic carbocycles. The highest BCUT2D eigenvalue weighted by molar-refractivity contribution is 6.05. The molecule has 0 atom stereocenters. The summed E-state index contributed by atoms with van der Waals surface area (Å²) in [5.74, 6) is 2.42. The number of rotatable bonds is 8. The van der Waals surface area contributed by atoms with E-state index in [9.17, 15) is 9.59 Å². The first-order chi connectivity index (χ1) is 18.2. The Hall–Kier alpha value is -4.61. The van der Waals surface area contributed by atoms with Crippen molar-refractivity contribution in [1.82, 2.24) is 9.88 Å². The predicted molar refractivity (Wildman–Crippen MR) is 148 cm³/mol. The zero-order valence-corrected chi connectivity index (χ0v) is 21.8. The maximum Gasteiger partial charge on any atom is 0.262 e. The highest BCUT2D eigenvalue weighted by Crippen LogP contribution is 2.30. The lowest BCUT2D eigenvalue weighted by Crippen LogP contribution is -2.48. The van der Waals surface area contributed by atoms with E-state index in [1.165, 1.54) is 12.3 Å². The monoisotopic (exact) mass is 511 g/mol. The molecule has 1 saturated heterocycles. The lowest BCUT2D eigenvalue weighted by atomic mass is 9.87. The number of aliphatic imine (C=N–C) groups is 1. The molecule has 8 heteroatoms. The molecule has 0 saturated carbocycles. The molecule has 0 spiro atoms. The van der Waals surface area contributed by atoms with E-state index in [0.29, 0.717) is 29.1 Å². The van der Waals surface area contributed by atoms with Gasteiger partial charge in [-0.05, 0) is 45.0 Å². The number of halogens is 1. The number of anilines is 2. The van der Waals surface area contributed by atoms with Gasteiger partial charge in [-0.1, -0.05) is 24.6 Å². The van der Waals surface area contributed by atoms with Crippen LogP contribution in [0.1, 0.15) is 59.4 Å². The van der Waals surface area contributed by atoms with Crippen LogP contribution in [0.3, 0.4) is 0 Å². The number of piperidine rings is 1. The number of carbonyl (C=O) groups excluding carboxylic acids is 2. The Morgan fingerprint density at radius 2 is 2.03 bits per heavy atom. The van der Waals surface area contributed by atoms with Gasteiger partial charge in [-0.2, -0.15) is 4.99 Å². The van der Waals surface area contributed by atoms with E-state index < -0.39 is 5.67 Å². The van der Waals surface area contributed by atoms with E-state index in [4.69, 9.17) is 12.8 Å². The summed E-state index contributed by atoms with van der Waals surface area (Å²) in [4.78, 5) is 35.6. The molecule has 0 bridgehead atoms. The van der Waals surface area contributed by atoms with Crippen molar-refractivity contribution in [2.45, 2.75) is 51.7 Å². The van der Waals surface area contributed by atoms with Crippen LogP contribution >= 0.6 is 0 Å². The van der Waals surface area contributed by atoms with Crippen molar-refractivity contribution in [1.29, 1.82) is 0 Å². The van der Waals surface area contributed by atoms with Crippen LogP contribution in [0.25, 0.3) is 0 Å². The van der Waals surface area contributed by atoms with Gasteiger partial charge in [-0.3, -0.25) is 9.59 Å². The zero-order chi connectivity index (χ0) is 27.7. The minimum atomic E-state index is -1.76. The molecular weight excluding hydrogens is 481 g/mol. The number of terminal acetylenes is 2. The van der Waals surface area contributed by atoms with E-state index in [0.717, 1.165) is 0 Å². The first-order valence-electron chi connectivity index (χ1n) is 12.3. The topological polar surface area (TPSA) is 86.7 Å². The van der Waals surface area contributed by atoms with Gasteiger partial charge in [0.1, 0.15) is 5.82 Å². The number of hydrogen-bond acceptors (Lipinski definition) is 5. The van der Waals surface area contributed by atoms with Gasteiger partial charge in [0.25, 0.3) is 11.8 Å². The summed E-state index contributed by atoms with van der Waals surface area (Å²) in [6, 6.07) is 13.1. The number of pyridine rings is 1. The van der Waals surface area contributed by atoms with Crippen LogP contribution < -0.4 is 10.6 Å². The fourth-order valence-corrected chi connectivity index (χ4v) is 3.95. The summed E-state index contributed by atoms with van der Waals surface area (Å²) in [5, 5.41) is 5.98. The number of aromatic nitrogens is 1. The second-order valence-electron chi connectivity index (χ2n) is 9.23. The van der Waals surface area contributed by atoms with Gasteiger partial charge >= 0.3 is 0 Å². The zero-order valence-electron chi connectivity index (χ0n) is 21.8. The summed E-state index contributed by atoms with van der Waals surface area (Å²) in [6.45, 7) is 6.07. The number of nitrogens with one attached hydrogen (secondary N) is 2. The number of allylic oxidation sites excluding steroid dienone is 2. The molecule has 1 aliphatic rings. The minimum Gasteiger partial charge on any atom is -0.368 e. The summed E-state index contributed by atoms with van der Waals surface area (Å²) in [7, 11) is 0. The third-order valence-electron chi connectivity index (χ3n) is 6.02. The second kappa shape index (κ2) is 12.6. The molecule has 1 fully saturated rings. The van der Waals surface area contributed by atoms with Gasteiger partial charge in [-0.15, -0.1) is 12.3 Å². The number of amides is 2. The van der Waals surface area contributed by atoms with Crippen LogP contribution in [-0.4, -0.2) is 52.2 Å². The molecule has 1 aromatic heterocycles. The highest BCUT2D eigenvalue weighted by Gasteiger charge is 2.40. The van der Waals surface area contributed by atoms with Gasteiger partial charge in [0, 0.05) is 56.2 Å². The number of hydrogen-bond donors (Lipinski definition) is 2. The Morgan fingerprint density at radius 1 is 1.29 bits per heavy atom. The van der Waals surface area contributed by atoms with Gasteiger partial charge < -0.3 is 15.5 Å². The molecule has 7 nitrogen and oxygen atoms in total. The molecule has 1 aromatic carbocycles. The first-order valence-corrected chi connectivity index (χ1v) is 12.3. The van der Waals surface area contributed by atoms with Gasteiger partial charge in [0.05, 0.1) is 22.5 Å². The molecule has 2 heterocycles. The van der Waals surface area contributed by atoms with Crippen molar-refractivity contribution in [2.24, 2.45) is 4.99 Å². The van der Waals surface area contributed by atoms with Gasteiger partial charge in [0.15, 0.2) is 5.67 Å². The molecule has 2 amide bonds. The number of nitrogens with zero attached hydrogens (tertiary/aromatic N) is 3. The molecule has 0 unspecified atom stereocenters. The molecule has 2 N–H and O–H groups in total. The average molecular weight is 512 g/mol. The maximum absolute atomic E-state index is 15.7. The number of likely N-dealkylation sites (tertiary alicyclic amines) is 1. The summed E-state index contributed by atoms with van der Waals surface area (Å²) >= 11 is 0. The van der Waals surface area contributed by atoms with Crippen molar-refractivity contribution in [3.63, 3.8) is 0 Å². The Morgan fingerprint density at radius 3 is 2.63 bits per heavy atom. The summed E-state index contributed by atoms with van der Waals surface area (Å²) < 4.78 is 15.7. The van der Waals surface area contributed by atoms with Gasteiger partial charge in [0.2, 0.25) is 0 Å². The summed E-state index contributed by atoms with van der Waals surface area (Å²) in [6.07, 6.45) is 15.6. The fourth-order valence-electron chi connectivity index (χ4n) is 3.95. The molecule has 0 radical (unpaired) electrons. The average Bonchev–Trinajstić information content (AvgIpc) is 2.89. The highest BCUT2D eigenvalue weighted by atomic mass is 19.1. The van der Waals surface area contributed by atoms with E-state index in [2.05, 4.69) is 44.7 Å². The Kier molecular flexibility index (Phi) is 9.25. The second-order valence-corrected chi connectivity index (χ2v) is 9.23. The molecule has 38 heavy (non-hydrogen) atoms. The van der Waals surface area contributed by atoms with Crippen LogP contribution in [0.5, 0.6) is 0 Å². The largest absolute Gasteiger partial charge is 0.368 e. The van der Waals surface area contributed by atoms with Crippen molar-refractivity contribution < 1.29 is 14.0 Å². The van der Waals surface area contributed by atoms with Crippen LogP contribution in [0.2, 0.25) is 0 Å². The Balaban J connectivity index is 1.69. The third kappa shape index (κ3) is 6.99. The van der Waals surface area contributed by atoms with Crippen LogP contribution in [0, 0.1) is 43.9 Å². The maximum atomic E-state index is 15.7. The molecule has 2 aromatic rings. The Bertz CT molecular complexity index is 1310. The fraction of sp³-hybridized carbons (Fsp3) is 0.333. The van der Waals surface area contributed by atoms with E-state index in [1.807, 2.05) is 13.8 Å². The lowest BCUT2D eigenvalue weighted by Gasteiger charge is -2.36. The van der Waals surface area contributed by atoms with Crippen LogP contribution in [-0.2, 0) is 0 Å². The molecule has 1 aliphatic heterocycles. The van der Waals surface area contributed by atoms with Crippen LogP contribution in [0.4, 0.5) is 15.9 Å². The van der Waals surface area contributed by atoms with Crippen molar-refractivity contribution in [3.8, 4) is 24.8 Å². The van der Waals surface area contributed by atoms with E-state index in [-0.39, 0.29) is 55.1 Å². The quantitative estimate of drug-likeness (QED) is 0.400. The molecule has 194 valence electrons. The summed E-state index contributed by atoms with van der Waals surface area (Å²) in [5.41, 5.74) is 0.0145. The standard InChI is InChI=1S/C30H30FN5O2/c1-6-8-9-10-26(32-7-2)30(31)15-17-36(18-16-30)29(38)23-12-11-22(5)25(19-23)35-28(37)24-13-14-27(33-20-24)34-21(3)4/h1-2,9-10,13-14,19-21H,8,15-18H2,3-5H3,(H,33,34)(H,35,37)/b10-9-,32-26+. The number of alkyl halides is 1. The SMILES string of the molecule is C#CC/C=C\C(=N/C#C)C1(F)CCN(C(=O)c2c#cc(C)c(NC(=O)c3ccc(NC(C)C)nc3)c2)CC1. The number of carbonyl (C=O) groups is 2. The molecular formula is C30H30FN5O2. The predicted octanol–water partition coefficient (Wildman–Crippen LogP) is 4.62. The first kappa shape index (κ1) is 28.0. The van der Waals surface area contributed by atoms with Gasteiger partial charge in [-0.25, -0.2) is 9.37 Å². The normalized spacial score (nSPS) is 14.9. The minimum absolute atomic E-state index is 0.0352. The van der Waals surface area contributed by atoms with Crippen molar-refractivity contribution in [2.75, 3.05) is 23.7 Å². The molecule has 3 rings (SSSR count). The lowest BCUT2D eigenvalue weighted by molar-refractivity contribution is 0.0608. The van der Waals surface area contributed by atoms with E-state index in [1.54, 1.807) is 36.1 Å². The third-order valence-corrected chi connectivity index (χ3v) is 6.02. The smallest absolute Gasteiger partial charge is 0.262 e. The van der Waals surface area contributed by atoms with E-state index >= 15 is 4.39 Å². The van der Waals surface area contributed by atoms with Crippen molar-refractivity contribution in [3.05, 3.63) is 65.4 Å².